The van der Waals surface area contributed by atoms with Gasteiger partial charge >= 0.3 is 5.97 Å². The first-order valence-corrected chi connectivity index (χ1v) is 14.2. The van der Waals surface area contributed by atoms with Crippen LogP contribution in [-0.2, 0) is 30.5 Å². The summed E-state index contributed by atoms with van der Waals surface area (Å²) in [5.74, 6) is -0.863. The van der Waals surface area contributed by atoms with Crippen LogP contribution in [-0.4, -0.2) is 56.1 Å². The van der Waals surface area contributed by atoms with Crippen LogP contribution < -0.4 is 16.2 Å². The lowest BCUT2D eigenvalue weighted by Gasteiger charge is -2.17. The highest BCUT2D eigenvalue weighted by Crippen LogP contribution is 2.33. The number of carbonyl (C=O) groups is 2. The largest absolute Gasteiger partial charge is 0.432 e. The molecule has 13 nitrogen and oxygen atoms in total. The minimum absolute atomic E-state index is 0.122. The monoisotopic (exact) mass is 619 g/mol. The third-order valence-corrected chi connectivity index (χ3v) is 7.12. The smallest absolute Gasteiger partial charge is 0.327 e. The average Bonchev–Trinajstić information content (AvgIpc) is 3.70. The van der Waals surface area contributed by atoms with E-state index in [0.717, 1.165) is 5.69 Å². The summed E-state index contributed by atoms with van der Waals surface area (Å²) in [6.45, 7) is 7.33. The van der Waals surface area contributed by atoms with Crippen LogP contribution in [0.3, 0.4) is 0 Å². The number of ether oxygens (including phenoxy) is 1. The molecule has 0 saturated carbocycles. The van der Waals surface area contributed by atoms with Crippen molar-refractivity contribution in [3.63, 3.8) is 0 Å². The number of hydrogen-bond acceptors (Lipinski definition) is 10. The molecule has 2 aromatic heterocycles. The van der Waals surface area contributed by atoms with Gasteiger partial charge in [-0.1, -0.05) is 24.3 Å². The normalized spacial score (nSPS) is 14.5. The predicted molar refractivity (Wildman–Crippen MR) is 163 cm³/mol. The molecule has 44 heavy (non-hydrogen) atoms. The van der Waals surface area contributed by atoms with Gasteiger partial charge in [-0.05, 0) is 83.8 Å². The molecule has 1 unspecified atom stereocenters. The molecule has 0 aliphatic carbocycles. The van der Waals surface area contributed by atoms with Gasteiger partial charge in [-0.25, -0.2) is 4.89 Å². The predicted octanol–water partition coefficient (Wildman–Crippen LogP) is 4.18. The number of aromatic nitrogens is 5. The topological polar surface area (TPSA) is 151 Å². The number of benzene rings is 2. The van der Waals surface area contributed by atoms with E-state index in [1.165, 1.54) is 21.6 Å². The molecule has 228 valence electrons. The standard InChI is InChI=1S/C30H30ClN7O6/c1-4-19-12-22(7-9-25(19)32-16-29(40)43-18(3)44-42-5-2)34-30(41)27-11-8-23-13-20(14-28(39)38(23)27)24-15-21(31)6-10-26(24)37-17-33-35-36-37/h4,6-7,9-10,12-15,17-18,27,32H,1,5,8,11,16H2,2-3H3,(H,34,41)/t18?,27-/m0/s1. The van der Waals surface area contributed by atoms with Crippen LogP contribution in [0.1, 0.15) is 37.6 Å². The van der Waals surface area contributed by atoms with Gasteiger partial charge in [0.1, 0.15) is 18.9 Å². The summed E-state index contributed by atoms with van der Waals surface area (Å²) in [4.78, 5) is 48.5. The van der Waals surface area contributed by atoms with E-state index in [2.05, 4.69) is 32.7 Å². The van der Waals surface area contributed by atoms with E-state index in [-0.39, 0.29) is 18.0 Å². The van der Waals surface area contributed by atoms with E-state index in [0.29, 0.717) is 58.2 Å². The lowest BCUT2D eigenvalue weighted by Crippen LogP contribution is -2.31. The fourth-order valence-electron chi connectivity index (χ4n) is 4.98. The first kappa shape index (κ1) is 30.6. The lowest BCUT2D eigenvalue weighted by molar-refractivity contribution is -0.362. The van der Waals surface area contributed by atoms with Crippen molar-refractivity contribution in [1.29, 1.82) is 0 Å². The molecular formula is C30H30ClN7O6. The van der Waals surface area contributed by atoms with Gasteiger partial charge in [0.25, 0.3) is 5.56 Å². The van der Waals surface area contributed by atoms with E-state index in [9.17, 15) is 14.4 Å². The molecule has 2 aromatic carbocycles. The molecule has 2 N–H and O–H groups in total. The molecule has 0 radical (unpaired) electrons. The van der Waals surface area contributed by atoms with Gasteiger partial charge in [-0.2, -0.15) is 9.57 Å². The summed E-state index contributed by atoms with van der Waals surface area (Å²) in [7, 11) is 0. The molecule has 1 aliphatic heterocycles. The van der Waals surface area contributed by atoms with Gasteiger partial charge in [0.2, 0.25) is 12.2 Å². The van der Waals surface area contributed by atoms with Crippen LogP contribution in [0.25, 0.3) is 22.9 Å². The number of nitrogens with zero attached hydrogens (tertiary/aromatic N) is 5. The Labute approximate surface area is 257 Å². The van der Waals surface area contributed by atoms with Crippen molar-refractivity contribution in [3.05, 3.63) is 88.1 Å². The van der Waals surface area contributed by atoms with Crippen LogP contribution in [0.5, 0.6) is 0 Å². The highest BCUT2D eigenvalue weighted by molar-refractivity contribution is 6.31. The van der Waals surface area contributed by atoms with Crippen molar-refractivity contribution in [2.45, 2.75) is 39.0 Å². The average molecular weight is 620 g/mol. The van der Waals surface area contributed by atoms with Crippen LogP contribution in [0.4, 0.5) is 11.4 Å². The number of tetrazole rings is 1. The molecule has 0 saturated heterocycles. The Balaban J connectivity index is 1.29. The summed E-state index contributed by atoms with van der Waals surface area (Å²) in [6.07, 6.45) is 3.20. The number of rotatable bonds is 12. The number of carbonyl (C=O) groups excluding carboxylic acids is 2. The molecule has 0 fully saturated rings. The summed E-state index contributed by atoms with van der Waals surface area (Å²) < 4.78 is 8.12. The molecular weight excluding hydrogens is 590 g/mol. The Kier molecular flexibility index (Phi) is 9.48. The highest BCUT2D eigenvalue weighted by Gasteiger charge is 2.30. The van der Waals surface area contributed by atoms with Crippen molar-refractivity contribution in [2.24, 2.45) is 0 Å². The number of halogens is 1. The lowest BCUT2D eigenvalue weighted by atomic mass is 10.0. The SMILES string of the molecule is C=Cc1cc(NC(=O)[C@@H]2CCc3cc(-c4cc(Cl)ccc4-n4cnnn4)cc(=O)n32)ccc1NCC(=O)OC(C)OOCC. The van der Waals surface area contributed by atoms with E-state index < -0.39 is 18.3 Å². The molecule has 0 spiro atoms. The van der Waals surface area contributed by atoms with Gasteiger partial charge in [0.15, 0.2) is 0 Å². The summed E-state index contributed by atoms with van der Waals surface area (Å²) >= 11 is 6.29. The molecule has 14 heteroatoms. The van der Waals surface area contributed by atoms with Crippen LogP contribution in [0, 0.1) is 0 Å². The number of pyridine rings is 1. The van der Waals surface area contributed by atoms with Crippen LogP contribution in [0.2, 0.25) is 5.02 Å². The second-order valence-corrected chi connectivity index (χ2v) is 10.3. The van der Waals surface area contributed by atoms with Crippen molar-refractivity contribution in [2.75, 3.05) is 23.8 Å². The van der Waals surface area contributed by atoms with Gasteiger partial charge in [-0.3, -0.25) is 14.4 Å². The van der Waals surface area contributed by atoms with E-state index in [1.54, 1.807) is 56.3 Å². The maximum Gasteiger partial charge on any atom is 0.327 e. The highest BCUT2D eigenvalue weighted by atomic mass is 35.5. The zero-order chi connectivity index (χ0) is 31.2. The number of nitrogens with one attached hydrogen (secondary N) is 2. The number of fused-ring (bicyclic) bond motifs is 1. The van der Waals surface area contributed by atoms with Crippen molar-refractivity contribution in [3.8, 4) is 16.8 Å². The quantitative estimate of drug-likeness (QED) is 0.102. The fraction of sp³-hybridized carbons (Fsp3) is 0.267. The molecule has 4 aromatic rings. The second kappa shape index (κ2) is 13.6. The summed E-state index contributed by atoms with van der Waals surface area (Å²) in [5, 5.41) is 17.8. The van der Waals surface area contributed by atoms with Crippen LogP contribution in [0.15, 0.2) is 66.2 Å². The number of anilines is 2. The van der Waals surface area contributed by atoms with Crippen LogP contribution >= 0.6 is 11.6 Å². The fourth-order valence-corrected chi connectivity index (χ4v) is 5.16. The molecule has 1 amide bonds. The minimum Gasteiger partial charge on any atom is -0.432 e. The molecule has 1 aliphatic rings. The van der Waals surface area contributed by atoms with E-state index >= 15 is 0 Å². The Hall–Kier alpha value is -4.85. The first-order chi connectivity index (χ1) is 21.3. The maximum atomic E-state index is 13.4. The first-order valence-electron chi connectivity index (χ1n) is 13.8. The Morgan fingerprint density at radius 2 is 2.05 bits per heavy atom. The van der Waals surface area contributed by atoms with Crippen molar-refractivity contribution >= 4 is 40.9 Å². The third kappa shape index (κ3) is 6.86. The Bertz CT molecular complexity index is 1740. The van der Waals surface area contributed by atoms with Gasteiger partial charge in [0.05, 0.1) is 12.3 Å². The van der Waals surface area contributed by atoms with Gasteiger partial charge < -0.3 is 19.9 Å². The number of amides is 1. The second-order valence-electron chi connectivity index (χ2n) is 9.82. The summed E-state index contributed by atoms with van der Waals surface area (Å²) in [5.41, 5.74) is 4.20. The molecule has 5 rings (SSSR count). The number of esters is 1. The Morgan fingerprint density at radius 1 is 1.20 bits per heavy atom. The molecule has 3 heterocycles. The van der Waals surface area contributed by atoms with E-state index in [1.807, 2.05) is 6.07 Å². The zero-order valence-electron chi connectivity index (χ0n) is 24.0. The zero-order valence-corrected chi connectivity index (χ0v) is 24.8. The minimum atomic E-state index is -0.855. The van der Waals surface area contributed by atoms with Gasteiger partial charge in [-0.15, -0.1) is 5.10 Å². The van der Waals surface area contributed by atoms with Crippen molar-refractivity contribution in [1.82, 2.24) is 24.8 Å². The summed E-state index contributed by atoms with van der Waals surface area (Å²) in [6, 6.07) is 13.1. The van der Waals surface area contributed by atoms with Gasteiger partial charge in [0, 0.05) is 40.6 Å². The van der Waals surface area contributed by atoms with Crippen molar-refractivity contribution < 1.29 is 24.1 Å². The van der Waals surface area contributed by atoms with E-state index in [4.69, 9.17) is 26.1 Å². The maximum absolute atomic E-state index is 13.4. The number of aryl methyl sites for hydroxylation is 1. The Morgan fingerprint density at radius 3 is 2.80 bits per heavy atom. The molecule has 2 atom stereocenters. The molecule has 0 bridgehead atoms. The third-order valence-electron chi connectivity index (χ3n) is 6.88. The number of hydrogen-bond donors (Lipinski definition) is 2.